The zero-order chi connectivity index (χ0) is 12.8. The van der Waals surface area contributed by atoms with Gasteiger partial charge in [-0.3, -0.25) is 0 Å². The lowest BCUT2D eigenvalue weighted by Gasteiger charge is -2.04. The zero-order valence-electron chi connectivity index (χ0n) is 10.0. The minimum absolute atomic E-state index is 0.784. The number of nitrogens with zero attached hydrogens (tertiary/aromatic N) is 4. The Morgan fingerprint density at radius 3 is 2.83 bits per heavy atom. The first-order chi connectivity index (χ1) is 8.79. The summed E-state index contributed by atoms with van der Waals surface area (Å²) in [4.78, 5) is 0. The molecule has 0 saturated carbocycles. The smallest absolute Gasteiger partial charge is 0.209 e. The summed E-state index contributed by atoms with van der Waals surface area (Å²) in [5.74, 6) is 0.868. The summed E-state index contributed by atoms with van der Waals surface area (Å²) in [5, 5.41) is 15.6. The number of likely N-dealkylation sites (N-methyl/N-ethyl adjacent to an activating group) is 1. The van der Waals surface area contributed by atoms with Gasteiger partial charge < -0.3 is 5.32 Å². The Morgan fingerprint density at radius 2 is 2.11 bits per heavy atom. The van der Waals surface area contributed by atoms with E-state index in [0.717, 1.165) is 28.5 Å². The molecule has 0 spiro atoms. The normalized spacial score (nSPS) is 10.8. The molecule has 2 rings (SSSR count). The monoisotopic (exact) mass is 327 g/mol. The predicted molar refractivity (Wildman–Crippen MR) is 75.4 cm³/mol. The molecule has 7 heteroatoms. The molecule has 1 N–H and O–H groups in total. The molecule has 0 aliphatic rings. The fourth-order valence-corrected chi connectivity index (χ4v) is 2.51. The quantitative estimate of drug-likeness (QED) is 0.822. The van der Waals surface area contributed by atoms with Gasteiger partial charge in [0.2, 0.25) is 5.16 Å². The molecule has 0 radical (unpaired) electrons. The number of rotatable bonds is 6. The summed E-state index contributed by atoms with van der Waals surface area (Å²) < 4.78 is 2.91. The Balaban J connectivity index is 1.93. The van der Waals surface area contributed by atoms with Gasteiger partial charge in [0, 0.05) is 16.8 Å². The standard InChI is InChI=1S/C11H14BrN5S/c1-13-6-7-17-11(14-15-16-17)18-8-9-2-4-10(12)5-3-9/h2-5,13H,6-8H2,1H3. The number of aromatic nitrogens is 4. The first-order valence-corrected chi connectivity index (χ1v) is 7.35. The molecule has 0 atom stereocenters. The maximum absolute atomic E-state index is 4.03. The van der Waals surface area contributed by atoms with Crippen LogP contribution in [0.3, 0.4) is 0 Å². The van der Waals surface area contributed by atoms with Crippen molar-refractivity contribution in [3.05, 3.63) is 34.3 Å². The fourth-order valence-electron chi connectivity index (χ4n) is 1.39. The summed E-state index contributed by atoms with van der Waals surface area (Å²) in [6, 6.07) is 8.28. The first-order valence-electron chi connectivity index (χ1n) is 5.57. The molecule has 1 aromatic heterocycles. The molecule has 1 aromatic carbocycles. The van der Waals surface area contributed by atoms with E-state index < -0.39 is 0 Å². The molecule has 0 amide bonds. The SMILES string of the molecule is CNCCn1nnnc1SCc1ccc(Br)cc1. The minimum atomic E-state index is 0.784. The summed E-state index contributed by atoms with van der Waals surface area (Å²) in [5.41, 5.74) is 1.26. The van der Waals surface area contributed by atoms with Crippen LogP contribution in [0.2, 0.25) is 0 Å². The van der Waals surface area contributed by atoms with Crippen molar-refractivity contribution in [3.63, 3.8) is 0 Å². The van der Waals surface area contributed by atoms with E-state index in [1.807, 2.05) is 23.9 Å². The number of tetrazole rings is 1. The number of thioether (sulfide) groups is 1. The second-order valence-electron chi connectivity index (χ2n) is 3.70. The van der Waals surface area contributed by atoms with Crippen LogP contribution in [0.25, 0.3) is 0 Å². The van der Waals surface area contributed by atoms with Gasteiger partial charge in [-0.25, -0.2) is 4.68 Å². The second-order valence-corrected chi connectivity index (χ2v) is 5.56. The molecule has 0 unspecified atom stereocenters. The van der Waals surface area contributed by atoms with E-state index in [0.29, 0.717) is 0 Å². The molecule has 5 nitrogen and oxygen atoms in total. The van der Waals surface area contributed by atoms with Crippen molar-refractivity contribution in [1.82, 2.24) is 25.5 Å². The van der Waals surface area contributed by atoms with Gasteiger partial charge in [0.25, 0.3) is 0 Å². The molecule has 96 valence electrons. The van der Waals surface area contributed by atoms with Crippen LogP contribution in [0.5, 0.6) is 0 Å². The van der Waals surface area contributed by atoms with Crippen LogP contribution < -0.4 is 5.32 Å². The molecular weight excluding hydrogens is 314 g/mol. The van der Waals surface area contributed by atoms with Crippen molar-refractivity contribution in [2.24, 2.45) is 0 Å². The molecule has 0 aliphatic heterocycles. The highest BCUT2D eigenvalue weighted by atomic mass is 79.9. The third kappa shape index (κ3) is 3.79. The minimum Gasteiger partial charge on any atom is -0.318 e. The van der Waals surface area contributed by atoms with Crippen molar-refractivity contribution < 1.29 is 0 Å². The van der Waals surface area contributed by atoms with Gasteiger partial charge in [-0.15, -0.1) is 5.10 Å². The number of hydrogen-bond acceptors (Lipinski definition) is 5. The summed E-state index contributed by atoms with van der Waals surface area (Å²) in [6.07, 6.45) is 0. The largest absolute Gasteiger partial charge is 0.318 e. The maximum Gasteiger partial charge on any atom is 0.209 e. The van der Waals surface area contributed by atoms with Crippen molar-refractivity contribution in [2.45, 2.75) is 17.5 Å². The predicted octanol–water partition coefficient (Wildman–Crippen LogP) is 1.95. The van der Waals surface area contributed by atoms with Gasteiger partial charge in [-0.05, 0) is 35.2 Å². The maximum atomic E-state index is 4.03. The second kappa shape index (κ2) is 6.86. The Kier molecular flexibility index (Phi) is 5.15. The van der Waals surface area contributed by atoms with Crippen LogP contribution in [0.15, 0.2) is 33.9 Å². The van der Waals surface area contributed by atoms with Gasteiger partial charge in [0.1, 0.15) is 0 Å². The molecule has 0 saturated heterocycles. The molecule has 18 heavy (non-hydrogen) atoms. The van der Waals surface area contributed by atoms with E-state index in [1.54, 1.807) is 11.8 Å². The van der Waals surface area contributed by atoms with Crippen LogP contribution in [-0.2, 0) is 12.3 Å². The van der Waals surface area contributed by atoms with Crippen LogP contribution in [-0.4, -0.2) is 33.8 Å². The Hall–Kier alpha value is -0.920. The van der Waals surface area contributed by atoms with Crippen LogP contribution >= 0.6 is 27.7 Å². The number of benzene rings is 1. The highest BCUT2D eigenvalue weighted by Gasteiger charge is 2.06. The van der Waals surface area contributed by atoms with Gasteiger partial charge in [0.05, 0.1) is 6.54 Å². The molecule has 0 bridgehead atoms. The summed E-state index contributed by atoms with van der Waals surface area (Å²) in [6.45, 7) is 1.64. The van der Waals surface area contributed by atoms with Crippen LogP contribution in [0, 0.1) is 0 Å². The van der Waals surface area contributed by atoms with Crippen molar-refractivity contribution >= 4 is 27.7 Å². The Morgan fingerprint density at radius 1 is 1.33 bits per heavy atom. The van der Waals surface area contributed by atoms with Gasteiger partial charge in [-0.2, -0.15) is 0 Å². The van der Waals surface area contributed by atoms with Crippen LogP contribution in [0.4, 0.5) is 0 Å². The Labute approximate surface area is 118 Å². The van der Waals surface area contributed by atoms with Crippen molar-refractivity contribution in [2.75, 3.05) is 13.6 Å². The molecular formula is C11H14BrN5S. The molecule has 1 heterocycles. The third-order valence-corrected chi connectivity index (χ3v) is 3.91. The average molecular weight is 328 g/mol. The molecule has 2 aromatic rings. The van der Waals surface area contributed by atoms with E-state index in [2.05, 4.69) is 48.9 Å². The topological polar surface area (TPSA) is 55.6 Å². The molecule has 0 fully saturated rings. The number of halogens is 1. The van der Waals surface area contributed by atoms with Gasteiger partial charge in [0.15, 0.2) is 0 Å². The lowest BCUT2D eigenvalue weighted by molar-refractivity contribution is 0.530. The lowest BCUT2D eigenvalue weighted by Crippen LogP contribution is -2.16. The summed E-state index contributed by atoms with van der Waals surface area (Å²) in [7, 11) is 1.92. The fraction of sp³-hybridized carbons (Fsp3) is 0.364. The van der Waals surface area contributed by atoms with Gasteiger partial charge >= 0.3 is 0 Å². The number of hydrogen-bond donors (Lipinski definition) is 1. The van der Waals surface area contributed by atoms with Crippen molar-refractivity contribution in [3.8, 4) is 0 Å². The highest BCUT2D eigenvalue weighted by Crippen LogP contribution is 2.21. The van der Waals surface area contributed by atoms with Crippen LogP contribution in [0.1, 0.15) is 5.56 Å². The third-order valence-electron chi connectivity index (χ3n) is 2.35. The van der Waals surface area contributed by atoms with E-state index in [9.17, 15) is 0 Å². The van der Waals surface area contributed by atoms with Crippen molar-refractivity contribution in [1.29, 1.82) is 0 Å². The Bertz CT molecular complexity index is 484. The number of nitrogens with one attached hydrogen (secondary N) is 1. The van der Waals surface area contributed by atoms with E-state index in [4.69, 9.17) is 0 Å². The molecule has 0 aliphatic carbocycles. The van der Waals surface area contributed by atoms with E-state index in [1.165, 1.54) is 5.56 Å². The highest BCUT2D eigenvalue weighted by molar-refractivity contribution is 9.10. The average Bonchev–Trinajstić information content (AvgIpc) is 2.83. The summed E-state index contributed by atoms with van der Waals surface area (Å²) >= 11 is 5.07. The van der Waals surface area contributed by atoms with E-state index in [-0.39, 0.29) is 0 Å². The first kappa shape index (κ1) is 13.5. The zero-order valence-corrected chi connectivity index (χ0v) is 12.4. The van der Waals surface area contributed by atoms with E-state index >= 15 is 0 Å². The lowest BCUT2D eigenvalue weighted by atomic mass is 10.2. The van der Waals surface area contributed by atoms with Gasteiger partial charge in [-0.1, -0.05) is 39.8 Å².